The summed E-state index contributed by atoms with van der Waals surface area (Å²) in [5.74, 6) is -1.04. The second-order valence-corrected chi connectivity index (χ2v) is 4.65. The molecule has 0 spiro atoms. The van der Waals surface area contributed by atoms with Gasteiger partial charge in [0.1, 0.15) is 0 Å². The number of anilines is 1. The van der Waals surface area contributed by atoms with Crippen LogP contribution in [0, 0.1) is 28.1 Å². The fourth-order valence-electron chi connectivity index (χ4n) is 2.29. The molecule has 0 amide bonds. The summed E-state index contributed by atoms with van der Waals surface area (Å²) in [4.78, 5) is 13.2. The Bertz CT molecular complexity index is 575. The Balaban J connectivity index is 2.14. The van der Waals surface area contributed by atoms with E-state index < -0.39 is 11.4 Å². The van der Waals surface area contributed by atoms with Gasteiger partial charge in [-0.05, 0) is 31.0 Å². The highest BCUT2D eigenvalue weighted by Gasteiger charge is 2.42. The molecule has 1 aromatic carbocycles. The molecule has 0 radical (unpaired) electrons. The summed E-state index contributed by atoms with van der Waals surface area (Å²) in [6, 6.07) is 11.2. The molecule has 0 aliphatic carbocycles. The standard InChI is InChI=1S/C14H13N3O2/c15-9-11-2-1-3-12(8-11)17-6-4-14(10-16,5-7-17)13(18)19/h1-3,8H,4-7H2,(H,18,19). The summed E-state index contributed by atoms with van der Waals surface area (Å²) in [5.41, 5.74) is 0.215. The molecular weight excluding hydrogens is 242 g/mol. The number of nitrogens with zero attached hydrogens (tertiary/aromatic N) is 3. The van der Waals surface area contributed by atoms with Gasteiger partial charge in [-0.25, -0.2) is 0 Å². The largest absolute Gasteiger partial charge is 0.480 e. The normalized spacial score (nSPS) is 17.3. The van der Waals surface area contributed by atoms with Crippen LogP contribution in [0.25, 0.3) is 0 Å². The monoisotopic (exact) mass is 255 g/mol. The van der Waals surface area contributed by atoms with Gasteiger partial charge in [0.05, 0.1) is 17.7 Å². The Hall–Kier alpha value is -2.53. The van der Waals surface area contributed by atoms with E-state index in [2.05, 4.69) is 6.07 Å². The van der Waals surface area contributed by atoms with Crippen LogP contribution in [0.3, 0.4) is 0 Å². The van der Waals surface area contributed by atoms with Gasteiger partial charge < -0.3 is 10.0 Å². The fourth-order valence-corrected chi connectivity index (χ4v) is 2.29. The van der Waals surface area contributed by atoms with Crippen molar-refractivity contribution in [2.75, 3.05) is 18.0 Å². The molecule has 0 saturated carbocycles. The number of benzene rings is 1. The predicted molar refractivity (Wildman–Crippen MR) is 68.3 cm³/mol. The minimum absolute atomic E-state index is 0.301. The number of rotatable bonds is 2. The Labute approximate surface area is 111 Å². The van der Waals surface area contributed by atoms with E-state index >= 15 is 0 Å². The third kappa shape index (κ3) is 2.36. The number of nitriles is 2. The average molecular weight is 255 g/mol. The van der Waals surface area contributed by atoms with Crippen LogP contribution < -0.4 is 4.90 Å². The van der Waals surface area contributed by atoms with Crippen molar-refractivity contribution in [1.82, 2.24) is 0 Å². The maximum absolute atomic E-state index is 11.2. The number of carboxylic acids is 1. The summed E-state index contributed by atoms with van der Waals surface area (Å²) in [5, 5.41) is 27.1. The Morgan fingerprint density at radius 1 is 1.32 bits per heavy atom. The number of carbonyl (C=O) groups is 1. The van der Waals surface area contributed by atoms with Gasteiger partial charge in [0, 0.05) is 18.8 Å². The highest BCUT2D eigenvalue weighted by Crippen LogP contribution is 2.33. The van der Waals surface area contributed by atoms with Gasteiger partial charge in [-0.1, -0.05) is 6.07 Å². The molecule has 2 rings (SSSR count). The van der Waals surface area contributed by atoms with Crippen molar-refractivity contribution >= 4 is 11.7 Å². The van der Waals surface area contributed by atoms with E-state index in [1.165, 1.54) is 0 Å². The SMILES string of the molecule is N#Cc1cccc(N2CCC(C#N)(C(=O)O)CC2)c1. The zero-order valence-corrected chi connectivity index (χ0v) is 10.3. The molecule has 1 heterocycles. The molecule has 0 atom stereocenters. The number of aliphatic carboxylic acids is 1. The first-order valence-electron chi connectivity index (χ1n) is 6.01. The van der Waals surface area contributed by atoms with Crippen molar-refractivity contribution in [3.8, 4) is 12.1 Å². The third-order valence-corrected chi connectivity index (χ3v) is 3.58. The number of hydrogen-bond acceptors (Lipinski definition) is 4. The van der Waals surface area contributed by atoms with Crippen molar-refractivity contribution in [2.45, 2.75) is 12.8 Å². The minimum atomic E-state index is -1.26. The lowest BCUT2D eigenvalue weighted by Gasteiger charge is -2.36. The zero-order chi connectivity index (χ0) is 13.9. The van der Waals surface area contributed by atoms with Crippen LogP contribution in [0.4, 0.5) is 5.69 Å². The van der Waals surface area contributed by atoms with Crippen LogP contribution in [0.1, 0.15) is 18.4 Å². The zero-order valence-electron chi connectivity index (χ0n) is 10.3. The van der Waals surface area contributed by atoms with Crippen molar-refractivity contribution in [3.63, 3.8) is 0 Å². The minimum Gasteiger partial charge on any atom is -0.480 e. The van der Waals surface area contributed by atoms with E-state index in [1.54, 1.807) is 18.2 Å². The Kier molecular flexibility index (Phi) is 3.39. The molecule has 1 aliphatic rings. The number of piperidine rings is 1. The molecular formula is C14H13N3O2. The van der Waals surface area contributed by atoms with Crippen LogP contribution in [0.15, 0.2) is 24.3 Å². The summed E-state index contributed by atoms with van der Waals surface area (Å²) < 4.78 is 0. The third-order valence-electron chi connectivity index (χ3n) is 3.58. The van der Waals surface area contributed by atoms with Crippen molar-refractivity contribution in [2.24, 2.45) is 5.41 Å². The molecule has 5 nitrogen and oxygen atoms in total. The molecule has 0 unspecified atom stereocenters. The maximum Gasteiger partial charge on any atom is 0.324 e. The molecule has 1 N–H and O–H groups in total. The number of carboxylic acid groups (broad SMARTS) is 1. The van der Waals surface area contributed by atoms with Crippen molar-refractivity contribution in [3.05, 3.63) is 29.8 Å². The highest BCUT2D eigenvalue weighted by molar-refractivity contribution is 5.78. The van der Waals surface area contributed by atoms with Crippen LogP contribution in [-0.2, 0) is 4.79 Å². The first kappa shape index (κ1) is 12.9. The number of hydrogen-bond donors (Lipinski definition) is 1. The van der Waals surface area contributed by atoms with Gasteiger partial charge in [0.25, 0.3) is 0 Å². The topological polar surface area (TPSA) is 88.1 Å². The van der Waals surface area contributed by atoms with Crippen LogP contribution in [0.5, 0.6) is 0 Å². The molecule has 5 heteroatoms. The lowest BCUT2D eigenvalue weighted by atomic mass is 9.80. The predicted octanol–water partition coefficient (Wildman–Crippen LogP) is 1.75. The van der Waals surface area contributed by atoms with E-state index in [4.69, 9.17) is 15.6 Å². The van der Waals surface area contributed by atoms with E-state index in [0.29, 0.717) is 31.5 Å². The molecule has 1 aliphatic heterocycles. The molecule has 1 fully saturated rings. The quantitative estimate of drug-likeness (QED) is 0.869. The first-order chi connectivity index (χ1) is 9.11. The van der Waals surface area contributed by atoms with E-state index in [9.17, 15) is 4.79 Å². The van der Waals surface area contributed by atoms with Gasteiger partial charge in [0.2, 0.25) is 0 Å². The summed E-state index contributed by atoms with van der Waals surface area (Å²) >= 11 is 0. The molecule has 19 heavy (non-hydrogen) atoms. The second kappa shape index (κ2) is 4.99. The van der Waals surface area contributed by atoms with Gasteiger partial charge in [-0.15, -0.1) is 0 Å². The Morgan fingerprint density at radius 2 is 2.00 bits per heavy atom. The summed E-state index contributed by atoms with van der Waals surface area (Å²) in [6.45, 7) is 1.02. The molecule has 1 saturated heterocycles. The van der Waals surface area contributed by atoms with Crippen LogP contribution in [-0.4, -0.2) is 24.2 Å². The van der Waals surface area contributed by atoms with Gasteiger partial charge in [-0.3, -0.25) is 4.79 Å². The van der Waals surface area contributed by atoms with Gasteiger partial charge >= 0.3 is 5.97 Å². The molecule has 0 bridgehead atoms. The summed E-state index contributed by atoms with van der Waals surface area (Å²) in [6.07, 6.45) is 0.602. The Morgan fingerprint density at radius 3 is 2.53 bits per heavy atom. The van der Waals surface area contributed by atoms with E-state index in [0.717, 1.165) is 5.69 Å². The van der Waals surface area contributed by atoms with Crippen LogP contribution in [0.2, 0.25) is 0 Å². The molecule has 0 aromatic heterocycles. The van der Waals surface area contributed by atoms with Crippen LogP contribution >= 0.6 is 0 Å². The van der Waals surface area contributed by atoms with Gasteiger partial charge in [-0.2, -0.15) is 10.5 Å². The lowest BCUT2D eigenvalue weighted by molar-refractivity contribution is -0.146. The lowest BCUT2D eigenvalue weighted by Crippen LogP contribution is -2.43. The summed E-state index contributed by atoms with van der Waals surface area (Å²) in [7, 11) is 0. The highest BCUT2D eigenvalue weighted by atomic mass is 16.4. The maximum atomic E-state index is 11.2. The van der Waals surface area contributed by atoms with Crippen molar-refractivity contribution in [1.29, 1.82) is 10.5 Å². The van der Waals surface area contributed by atoms with E-state index in [1.807, 2.05) is 17.0 Å². The fraction of sp³-hybridized carbons (Fsp3) is 0.357. The first-order valence-corrected chi connectivity index (χ1v) is 6.01. The second-order valence-electron chi connectivity index (χ2n) is 4.65. The smallest absolute Gasteiger partial charge is 0.324 e. The molecule has 1 aromatic rings. The molecule has 96 valence electrons. The van der Waals surface area contributed by atoms with Crippen molar-refractivity contribution < 1.29 is 9.90 Å². The van der Waals surface area contributed by atoms with Gasteiger partial charge in [0.15, 0.2) is 5.41 Å². The average Bonchev–Trinajstić information content (AvgIpc) is 2.47. The van der Waals surface area contributed by atoms with E-state index in [-0.39, 0.29) is 0 Å².